The van der Waals surface area contributed by atoms with Crippen molar-refractivity contribution in [1.29, 1.82) is 5.26 Å². The molecule has 0 N–H and O–H groups in total. The van der Waals surface area contributed by atoms with E-state index in [1.807, 2.05) is 6.07 Å². The first-order valence-electron chi connectivity index (χ1n) is 6.94. The van der Waals surface area contributed by atoms with E-state index in [9.17, 15) is 18.0 Å². The third-order valence-corrected chi connectivity index (χ3v) is 3.70. The lowest BCUT2D eigenvalue weighted by molar-refractivity contribution is -0.186. The van der Waals surface area contributed by atoms with Crippen molar-refractivity contribution in [2.24, 2.45) is 5.92 Å². The van der Waals surface area contributed by atoms with Crippen molar-refractivity contribution in [2.45, 2.75) is 19.0 Å². The number of carbonyl (C=O) groups is 1. The number of rotatable bonds is 2. The summed E-state index contributed by atoms with van der Waals surface area (Å²) in [4.78, 5) is 13.4. The molecule has 1 aliphatic rings. The van der Waals surface area contributed by atoms with Crippen molar-refractivity contribution in [3.8, 4) is 6.07 Å². The Balaban J connectivity index is 1.93. The van der Waals surface area contributed by atoms with E-state index in [1.54, 1.807) is 30.3 Å². The number of hydrogen-bond donors (Lipinski definition) is 0. The van der Waals surface area contributed by atoms with Gasteiger partial charge in [0.25, 0.3) is 0 Å². The van der Waals surface area contributed by atoms with E-state index in [0.717, 1.165) is 0 Å². The Morgan fingerprint density at radius 3 is 2.59 bits per heavy atom. The molecule has 1 fully saturated rings. The van der Waals surface area contributed by atoms with E-state index in [4.69, 9.17) is 5.26 Å². The van der Waals surface area contributed by atoms with Crippen LogP contribution in [0.15, 0.2) is 30.3 Å². The van der Waals surface area contributed by atoms with Crippen LogP contribution in [0.25, 0.3) is 6.08 Å². The average Bonchev–Trinajstić information content (AvgIpc) is 2.52. The molecule has 1 amide bonds. The van der Waals surface area contributed by atoms with Gasteiger partial charge in [0, 0.05) is 19.2 Å². The number of hydrogen-bond acceptors (Lipinski definition) is 2. The summed E-state index contributed by atoms with van der Waals surface area (Å²) in [6, 6.07) is 8.75. The molecule has 0 unspecified atom stereocenters. The van der Waals surface area contributed by atoms with E-state index in [2.05, 4.69) is 0 Å². The molecule has 0 bridgehead atoms. The van der Waals surface area contributed by atoms with Crippen LogP contribution in [0.1, 0.15) is 24.0 Å². The van der Waals surface area contributed by atoms with E-state index >= 15 is 0 Å². The van der Waals surface area contributed by atoms with Gasteiger partial charge in [-0.15, -0.1) is 0 Å². The predicted molar refractivity (Wildman–Crippen MR) is 75.6 cm³/mol. The van der Waals surface area contributed by atoms with Gasteiger partial charge in [0.15, 0.2) is 0 Å². The normalized spacial score (nSPS) is 16.7. The zero-order chi connectivity index (χ0) is 16.2. The molecule has 0 atom stereocenters. The molecule has 116 valence electrons. The average molecular weight is 308 g/mol. The Labute approximate surface area is 126 Å². The maximum atomic E-state index is 12.6. The molecule has 2 rings (SSSR count). The largest absolute Gasteiger partial charge is 0.391 e. The molecule has 1 aromatic rings. The zero-order valence-corrected chi connectivity index (χ0v) is 11.8. The maximum Gasteiger partial charge on any atom is 0.391 e. The summed E-state index contributed by atoms with van der Waals surface area (Å²) in [5.41, 5.74) is 1.19. The highest BCUT2D eigenvalue weighted by Crippen LogP contribution is 2.34. The van der Waals surface area contributed by atoms with Crippen molar-refractivity contribution >= 4 is 12.0 Å². The lowest BCUT2D eigenvalue weighted by Gasteiger charge is -2.32. The molecule has 0 spiro atoms. The molecule has 3 nitrogen and oxygen atoms in total. The number of carbonyl (C=O) groups excluding carboxylic acids is 1. The monoisotopic (exact) mass is 308 g/mol. The first-order chi connectivity index (χ1) is 10.4. The van der Waals surface area contributed by atoms with Gasteiger partial charge in [-0.1, -0.05) is 12.1 Å². The van der Waals surface area contributed by atoms with Gasteiger partial charge in [0.05, 0.1) is 17.6 Å². The summed E-state index contributed by atoms with van der Waals surface area (Å²) < 4.78 is 37.7. The van der Waals surface area contributed by atoms with Crippen LogP contribution < -0.4 is 0 Å². The Hall–Kier alpha value is -2.29. The Morgan fingerprint density at radius 1 is 1.32 bits per heavy atom. The Morgan fingerprint density at radius 2 is 2.00 bits per heavy atom. The Bertz CT molecular complexity index is 609. The van der Waals surface area contributed by atoms with Crippen LogP contribution in [-0.4, -0.2) is 30.1 Å². The SMILES string of the molecule is N#Cc1cccc(/C=C/C(=O)N2CCC(C(F)(F)F)CC2)c1. The molecule has 0 aliphatic carbocycles. The minimum absolute atomic E-state index is 0.0486. The number of piperidine rings is 1. The number of nitriles is 1. The summed E-state index contributed by atoms with van der Waals surface area (Å²) >= 11 is 0. The van der Waals surface area contributed by atoms with E-state index in [1.165, 1.54) is 11.0 Å². The number of likely N-dealkylation sites (tertiary alicyclic amines) is 1. The van der Waals surface area contributed by atoms with Gasteiger partial charge in [-0.3, -0.25) is 4.79 Å². The maximum absolute atomic E-state index is 12.6. The second-order valence-corrected chi connectivity index (χ2v) is 5.21. The topological polar surface area (TPSA) is 44.1 Å². The Kier molecular flexibility index (Phi) is 4.86. The lowest BCUT2D eigenvalue weighted by atomic mass is 9.96. The van der Waals surface area contributed by atoms with E-state index in [-0.39, 0.29) is 31.8 Å². The van der Waals surface area contributed by atoms with Crippen molar-refractivity contribution in [1.82, 2.24) is 4.90 Å². The molecule has 6 heteroatoms. The summed E-state index contributed by atoms with van der Waals surface area (Å²) in [6.07, 6.45) is -1.37. The smallest absolute Gasteiger partial charge is 0.339 e. The number of benzene rings is 1. The highest BCUT2D eigenvalue weighted by atomic mass is 19.4. The molecular weight excluding hydrogens is 293 g/mol. The van der Waals surface area contributed by atoms with Gasteiger partial charge in [0.1, 0.15) is 0 Å². The molecule has 1 heterocycles. The molecule has 1 aliphatic heterocycles. The van der Waals surface area contributed by atoms with E-state index in [0.29, 0.717) is 11.1 Å². The van der Waals surface area contributed by atoms with Gasteiger partial charge < -0.3 is 4.90 Å². The van der Waals surface area contributed by atoms with Crippen LogP contribution in [0.3, 0.4) is 0 Å². The molecule has 22 heavy (non-hydrogen) atoms. The van der Waals surface area contributed by atoms with Crippen molar-refractivity contribution in [3.05, 3.63) is 41.5 Å². The number of alkyl halides is 3. The quantitative estimate of drug-likeness (QED) is 0.786. The fourth-order valence-electron chi connectivity index (χ4n) is 2.41. The van der Waals surface area contributed by atoms with Gasteiger partial charge >= 0.3 is 6.18 Å². The fourth-order valence-corrected chi connectivity index (χ4v) is 2.41. The van der Waals surface area contributed by atoms with Gasteiger partial charge in [-0.05, 0) is 36.6 Å². The second kappa shape index (κ2) is 6.65. The van der Waals surface area contributed by atoms with Crippen molar-refractivity contribution < 1.29 is 18.0 Å². The third-order valence-electron chi connectivity index (χ3n) is 3.70. The molecule has 0 saturated carbocycles. The fraction of sp³-hybridized carbons (Fsp3) is 0.375. The van der Waals surface area contributed by atoms with Crippen LogP contribution in [0.4, 0.5) is 13.2 Å². The number of amides is 1. The highest BCUT2D eigenvalue weighted by molar-refractivity contribution is 5.91. The van der Waals surface area contributed by atoms with Gasteiger partial charge in [-0.25, -0.2) is 0 Å². The van der Waals surface area contributed by atoms with E-state index < -0.39 is 12.1 Å². The molecule has 0 radical (unpaired) electrons. The molecule has 0 aromatic heterocycles. The standard InChI is InChI=1S/C16H15F3N2O/c17-16(18,19)14-6-8-21(9-7-14)15(22)5-4-12-2-1-3-13(10-12)11-20/h1-5,10,14H,6-9H2/b5-4+. The van der Waals surface area contributed by atoms with Crippen LogP contribution in [0.2, 0.25) is 0 Å². The zero-order valence-electron chi connectivity index (χ0n) is 11.8. The lowest BCUT2D eigenvalue weighted by Crippen LogP contribution is -2.41. The van der Waals surface area contributed by atoms with Crippen molar-refractivity contribution in [2.75, 3.05) is 13.1 Å². The van der Waals surface area contributed by atoms with Crippen LogP contribution in [0.5, 0.6) is 0 Å². The van der Waals surface area contributed by atoms with Crippen LogP contribution in [0, 0.1) is 17.2 Å². The first-order valence-corrected chi connectivity index (χ1v) is 6.94. The summed E-state index contributed by atoms with van der Waals surface area (Å²) in [5.74, 6) is -1.61. The molecular formula is C16H15F3N2O. The van der Waals surface area contributed by atoms with Gasteiger partial charge in [-0.2, -0.15) is 18.4 Å². The molecule has 1 aromatic carbocycles. The molecule has 1 saturated heterocycles. The highest BCUT2D eigenvalue weighted by Gasteiger charge is 2.41. The first kappa shape index (κ1) is 16.1. The van der Waals surface area contributed by atoms with Gasteiger partial charge in [0.2, 0.25) is 5.91 Å². The summed E-state index contributed by atoms with van der Waals surface area (Å²) in [6.45, 7) is 0.233. The second-order valence-electron chi connectivity index (χ2n) is 5.21. The summed E-state index contributed by atoms with van der Waals surface area (Å²) in [5, 5.41) is 8.79. The minimum Gasteiger partial charge on any atom is -0.339 e. The van der Waals surface area contributed by atoms with Crippen LogP contribution in [-0.2, 0) is 4.79 Å². The predicted octanol–water partition coefficient (Wildman–Crippen LogP) is 3.37. The number of nitrogens with zero attached hydrogens (tertiary/aromatic N) is 2. The van der Waals surface area contributed by atoms with Crippen molar-refractivity contribution in [3.63, 3.8) is 0 Å². The summed E-state index contributed by atoms with van der Waals surface area (Å²) in [7, 11) is 0. The minimum atomic E-state index is -4.18. The third kappa shape index (κ3) is 4.10. The van der Waals surface area contributed by atoms with Crippen LogP contribution >= 0.6 is 0 Å². The number of halogens is 3.